The lowest BCUT2D eigenvalue weighted by molar-refractivity contribution is 0.0950. The number of aryl methyl sites for hydroxylation is 1. The first-order valence-corrected chi connectivity index (χ1v) is 7.07. The van der Waals surface area contributed by atoms with Crippen LogP contribution in [0.1, 0.15) is 26.6 Å². The molecule has 3 aromatic rings. The van der Waals surface area contributed by atoms with Crippen LogP contribution in [0.25, 0.3) is 4.96 Å². The van der Waals surface area contributed by atoms with E-state index >= 15 is 0 Å². The van der Waals surface area contributed by atoms with Crippen LogP contribution in [0.4, 0.5) is 0 Å². The van der Waals surface area contributed by atoms with E-state index in [1.807, 2.05) is 19.2 Å². The molecule has 0 aliphatic rings. The zero-order valence-corrected chi connectivity index (χ0v) is 12.0. The lowest BCUT2D eigenvalue weighted by Crippen LogP contribution is -2.22. The molecule has 104 valence electrons. The molecule has 2 heterocycles. The maximum Gasteiger partial charge on any atom is 0.251 e. The van der Waals surface area contributed by atoms with Gasteiger partial charge in [0.05, 0.1) is 30.1 Å². The van der Waals surface area contributed by atoms with E-state index in [-0.39, 0.29) is 5.91 Å². The first-order valence-electron chi connectivity index (χ1n) is 6.26. The van der Waals surface area contributed by atoms with E-state index in [2.05, 4.69) is 15.4 Å². The number of amides is 1. The van der Waals surface area contributed by atoms with E-state index < -0.39 is 0 Å². The van der Waals surface area contributed by atoms with E-state index in [1.54, 1.807) is 28.8 Å². The Morgan fingerprint density at radius 2 is 2.38 bits per heavy atom. The van der Waals surface area contributed by atoms with Gasteiger partial charge in [0.1, 0.15) is 5.01 Å². The van der Waals surface area contributed by atoms with Crippen molar-refractivity contribution < 1.29 is 4.79 Å². The minimum absolute atomic E-state index is 0.226. The monoisotopic (exact) mass is 297 g/mol. The summed E-state index contributed by atoms with van der Waals surface area (Å²) in [4.78, 5) is 17.1. The Labute approximate surface area is 124 Å². The SMILES string of the molecule is Cc1cn2nc(CNC(=O)c3cccc(C#N)c3)sc2n1. The van der Waals surface area contributed by atoms with Crippen molar-refractivity contribution in [2.75, 3.05) is 0 Å². The van der Waals surface area contributed by atoms with E-state index in [9.17, 15) is 4.79 Å². The zero-order chi connectivity index (χ0) is 14.8. The Kier molecular flexibility index (Phi) is 3.38. The topological polar surface area (TPSA) is 83.1 Å². The van der Waals surface area contributed by atoms with Crippen LogP contribution in [-0.2, 0) is 6.54 Å². The number of rotatable bonds is 3. The minimum Gasteiger partial charge on any atom is -0.345 e. The van der Waals surface area contributed by atoms with Gasteiger partial charge in [0.15, 0.2) is 0 Å². The van der Waals surface area contributed by atoms with Crippen molar-refractivity contribution in [2.45, 2.75) is 13.5 Å². The van der Waals surface area contributed by atoms with Crippen LogP contribution in [0.2, 0.25) is 0 Å². The summed E-state index contributed by atoms with van der Waals surface area (Å²) in [6.07, 6.45) is 1.84. The summed E-state index contributed by atoms with van der Waals surface area (Å²) in [5.41, 5.74) is 1.84. The van der Waals surface area contributed by atoms with Crippen molar-refractivity contribution in [2.24, 2.45) is 0 Å². The largest absolute Gasteiger partial charge is 0.345 e. The Morgan fingerprint density at radius 3 is 3.14 bits per heavy atom. The average Bonchev–Trinajstić information content (AvgIpc) is 3.01. The van der Waals surface area contributed by atoms with E-state index in [0.29, 0.717) is 17.7 Å². The van der Waals surface area contributed by atoms with Gasteiger partial charge in [-0.3, -0.25) is 4.79 Å². The molecule has 3 rings (SSSR count). The molecule has 0 radical (unpaired) electrons. The minimum atomic E-state index is -0.226. The fraction of sp³-hybridized carbons (Fsp3) is 0.143. The van der Waals surface area contributed by atoms with Crippen LogP contribution in [0.5, 0.6) is 0 Å². The first kappa shape index (κ1) is 13.3. The normalized spacial score (nSPS) is 10.5. The molecule has 1 N–H and O–H groups in total. The molecule has 2 aromatic heterocycles. The summed E-state index contributed by atoms with van der Waals surface area (Å²) >= 11 is 1.44. The van der Waals surface area contributed by atoms with Crippen molar-refractivity contribution in [3.8, 4) is 6.07 Å². The van der Waals surface area contributed by atoms with Crippen molar-refractivity contribution in [1.82, 2.24) is 19.9 Å². The number of nitrogens with zero attached hydrogens (tertiary/aromatic N) is 4. The standard InChI is InChI=1S/C14H11N5OS/c1-9-8-19-14(17-9)21-12(18-19)7-16-13(20)11-4-2-3-10(5-11)6-15/h2-5,8H,7H2,1H3,(H,16,20). The van der Waals surface area contributed by atoms with Crippen molar-refractivity contribution in [1.29, 1.82) is 5.26 Å². The molecule has 0 aliphatic heterocycles. The smallest absolute Gasteiger partial charge is 0.251 e. The third kappa shape index (κ3) is 2.75. The molecule has 6 nitrogen and oxygen atoms in total. The molecule has 21 heavy (non-hydrogen) atoms. The number of carbonyl (C=O) groups is 1. The van der Waals surface area contributed by atoms with Crippen LogP contribution >= 0.6 is 11.3 Å². The Morgan fingerprint density at radius 1 is 1.52 bits per heavy atom. The molecule has 0 spiro atoms. The summed E-state index contributed by atoms with van der Waals surface area (Å²) < 4.78 is 1.71. The van der Waals surface area contributed by atoms with Crippen molar-refractivity contribution >= 4 is 22.2 Å². The number of nitriles is 1. The van der Waals surface area contributed by atoms with Crippen LogP contribution in [0.15, 0.2) is 30.5 Å². The lowest BCUT2D eigenvalue weighted by Gasteiger charge is -2.02. The third-order valence-electron chi connectivity index (χ3n) is 2.86. The van der Waals surface area contributed by atoms with Crippen molar-refractivity contribution in [3.05, 3.63) is 52.3 Å². The number of hydrogen-bond donors (Lipinski definition) is 1. The molecule has 7 heteroatoms. The number of hydrogen-bond acceptors (Lipinski definition) is 5. The predicted molar refractivity (Wildman–Crippen MR) is 77.9 cm³/mol. The van der Waals surface area contributed by atoms with Gasteiger partial charge in [0.25, 0.3) is 5.91 Å². The van der Waals surface area contributed by atoms with Gasteiger partial charge in [-0.25, -0.2) is 9.50 Å². The molecular weight excluding hydrogens is 286 g/mol. The zero-order valence-electron chi connectivity index (χ0n) is 11.2. The number of fused-ring (bicyclic) bond motifs is 1. The lowest BCUT2D eigenvalue weighted by atomic mass is 10.1. The quantitative estimate of drug-likeness (QED) is 0.800. The van der Waals surface area contributed by atoms with Gasteiger partial charge in [-0.2, -0.15) is 10.4 Å². The van der Waals surface area contributed by atoms with Gasteiger partial charge in [-0.1, -0.05) is 17.4 Å². The molecule has 0 aliphatic carbocycles. The molecule has 1 amide bonds. The highest BCUT2D eigenvalue weighted by atomic mass is 32.1. The Bertz CT molecular complexity index is 826. The van der Waals surface area contributed by atoms with Gasteiger partial charge in [0.2, 0.25) is 4.96 Å². The first-order chi connectivity index (χ1) is 10.2. The highest BCUT2D eigenvalue weighted by molar-refractivity contribution is 7.16. The summed E-state index contributed by atoms with van der Waals surface area (Å²) in [5, 5.41) is 16.7. The number of imidazole rings is 1. The second-order valence-electron chi connectivity index (χ2n) is 4.48. The highest BCUT2D eigenvalue weighted by Crippen LogP contribution is 2.14. The van der Waals surface area contributed by atoms with Crippen LogP contribution in [0, 0.1) is 18.3 Å². The van der Waals surface area contributed by atoms with Crippen LogP contribution < -0.4 is 5.32 Å². The fourth-order valence-corrected chi connectivity index (χ4v) is 2.77. The van der Waals surface area contributed by atoms with Crippen molar-refractivity contribution in [3.63, 3.8) is 0 Å². The van der Waals surface area contributed by atoms with Crippen LogP contribution in [-0.4, -0.2) is 20.5 Å². The number of benzene rings is 1. The van der Waals surface area contributed by atoms with Gasteiger partial charge in [-0.15, -0.1) is 0 Å². The fourth-order valence-electron chi connectivity index (χ4n) is 1.91. The van der Waals surface area contributed by atoms with E-state index in [1.165, 1.54) is 11.3 Å². The van der Waals surface area contributed by atoms with Gasteiger partial charge >= 0.3 is 0 Å². The van der Waals surface area contributed by atoms with Gasteiger partial charge in [0, 0.05) is 5.56 Å². The van der Waals surface area contributed by atoms with E-state index in [0.717, 1.165) is 15.7 Å². The van der Waals surface area contributed by atoms with Gasteiger partial charge in [-0.05, 0) is 25.1 Å². The Balaban J connectivity index is 1.70. The molecule has 0 saturated heterocycles. The molecule has 0 atom stereocenters. The number of carbonyl (C=O) groups excluding carboxylic acids is 1. The summed E-state index contributed by atoms with van der Waals surface area (Å²) in [6, 6.07) is 8.60. The molecule has 0 fully saturated rings. The van der Waals surface area contributed by atoms with Crippen LogP contribution in [0.3, 0.4) is 0 Å². The summed E-state index contributed by atoms with van der Waals surface area (Å²) in [6.45, 7) is 2.24. The second-order valence-corrected chi connectivity index (χ2v) is 5.52. The van der Waals surface area contributed by atoms with E-state index in [4.69, 9.17) is 5.26 Å². The van der Waals surface area contributed by atoms with Gasteiger partial charge < -0.3 is 5.32 Å². The highest BCUT2D eigenvalue weighted by Gasteiger charge is 2.09. The second kappa shape index (κ2) is 5.34. The third-order valence-corrected chi connectivity index (χ3v) is 3.78. The molecule has 0 bridgehead atoms. The predicted octanol–water partition coefficient (Wildman–Crippen LogP) is 1.90. The number of aromatic nitrogens is 3. The molecular formula is C14H11N5OS. The summed E-state index contributed by atoms with van der Waals surface area (Å²) in [7, 11) is 0. The molecule has 0 saturated carbocycles. The molecule has 0 unspecified atom stereocenters. The molecule has 1 aromatic carbocycles. The Hall–Kier alpha value is -2.72. The average molecular weight is 297 g/mol. The number of nitrogens with one attached hydrogen (secondary N) is 1. The maximum absolute atomic E-state index is 12.0. The summed E-state index contributed by atoms with van der Waals surface area (Å²) in [5.74, 6) is -0.226. The maximum atomic E-state index is 12.0.